The number of hydrogen-bond acceptors (Lipinski definition) is 8. The van der Waals surface area contributed by atoms with Crippen LogP contribution >= 0.6 is 11.8 Å². The van der Waals surface area contributed by atoms with Gasteiger partial charge in [-0.2, -0.15) is 0 Å². The Bertz CT molecular complexity index is 1070. The molecule has 0 spiro atoms. The average Bonchev–Trinajstić information content (AvgIpc) is 3.46. The second kappa shape index (κ2) is 9.57. The van der Waals surface area contributed by atoms with Crippen LogP contribution in [0, 0.1) is 11.6 Å². The van der Waals surface area contributed by atoms with Crippen molar-refractivity contribution in [2.24, 2.45) is 10.7 Å². The fraction of sp³-hybridized carbons (Fsp3) is 0.429. The smallest absolute Gasteiger partial charge is 0.275 e. The van der Waals surface area contributed by atoms with Gasteiger partial charge < -0.3 is 25.3 Å². The highest BCUT2D eigenvalue weighted by atomic mass is 32.2. The Morgan fingerprint density at radius 1 is 1.36 bits per heavy atom. The van der Waals surface area contributed by atoms with Crippen LogP contribution in [0.25, 0.3) is 0 Å². The number of amidine groups is 1. The highest BCUT2D eigenvalue weighted by Crippen LogP contribution is 2.61. The molecule has 1 aliphatic heterocycles. The molecule has 0 bridgehead atoms. The quantitative estimate of drug-likeness (QED) is 0.437. The van der Waals surface area contributed by atoms with E-state index in [0.717, 1.165) is 6.07 Å². The van der Waals surface area contributed by atoms with Gasteiger partial charge in [0.05, 0.1) is 37.0 Å². The van der Waals surface area contributed by atoms with Crippen LogP contribution in [0.5, 0.6) is 5.88 Å². The minimum atomic E-state index is -1.07. The van der Waals surface area contributed by atoms with Gasteiger partial charge in [0.2, 0.25) is 5.88 Å². The molecular formula is C21H23F2N5O4S. The van der Waals surface area contributed by atoms with E-state index in [1.54, 1.807) is 7.05 Å². The van der Waals surface area contributed by atoms with Crippen molar-refractivity contribution in [1.29, 1.82) is 0 Å². The minimum absolute atomic E-state index is 0.00105. The number of aromatic nitrogens is 2. The van der Waals surface area contributed by atoms with Gasteiger partial charge in [0.1, 0.15) is 11.8 Å². The summed E-state index contributed by atoms with van der Waals surface area (Å²) >= 11 is 1.27. The van der Waals surface area contributed by atoms with E-state index in [4.69, 9.17) is 19.9 Å². The first-order valence-electron chi connectivity index (χ1n) is 10.1. The van der Waals surface area contributed by atoms with Crippen molar-refractivity contribution in [3.8, 4) is 5.88 Å². The first-order chi connectivity index (χ1) is 15.8. The topological polar surface area (TPSA) is 121 Å². The molecule has 12 heteroatoms. The number of anilines is 1. The van der Waals surface area contributed by atoms with Gasteiger partial charge in [-0.05, 0) is 18.1 Å². The largest absolute Gasteiger partial charge is 0.468 e. The van der Waals surface area contributed by atoms with Gasteiger partial charge >= 0.3 is 0 Å². The molecule has 9 nitrogen and oxygen atoms in total. The van der Waals surface area contributed by atoms with Crippen LogP contribution in [0.3, 0.4) is 0 Å². The number of halogens is 2. The van der Waals surface area contributed by atoms with Crippen LogP contribution in [0.15, 0.2) is 29.5 Å². The van der Waals surface area contributed by atoms with Crippen molar-refractivity contribution in [3.05, 3.63) is 47.4 Å². The van der Waals surface area contributed by atoms with E-state index < -0.39 is 22.3 Å². The number of methoxy groups -OCH3 is 1. The molecule has 176 valence electrons. The molecule has 2 fully saturated rings. The molecule has 0 radical (unpaired) electrons. The molecule has 2 heterocycles. The molecule has 1 aliphatic carbocycles. The summed E-state index contributed by atoms with van der Waals surface area (Å²) in [5.41, 5.74) is 6.09. The summed E-state index contributed by atoms with van der Waals surface area (Å²) in [5.74, 6) is -2.74. The number of amides is 1. The van der Waals surface area contributed by atoms with E-state index in [0.29, 0.717) is 24.8 Å². The lowest BCUT2D eigenvalue weighted by molar-refractivity contribution is -0.0814. The number of nitrogens with one attached hydrogen (secondary N) is 1. The van der Waals surface area contributed by atoms with E-state index in [1.165, 1.54) is 37.3 Å². The highest BCUT2D eigenvalue weighted by Gasteiger charge is 2.57. The van der Waals surface area contributed by atoms with Crippen molar-refractivity contribution < 1.29 is 27.8 Å². The highest BCUT2D eigenvalue weighted by molar-refractivity contribution is 8.15. The van der Waals surface area contributed by atoms with Crippen LogP contribution < -0.4 is 15.8 Å². The van der Waals surface area contributed by atoms with Gasteiger partial charge in [0.15, 0.2) is 16.8 Å². The van der Waals surface area contributed by atoms with Gasteiger partial charge in [-0.25, -0.2) is 18.7 Å². The second-order valence-corrected chi connectivity index (χ2v) is 9.19. The lowest BCUT2D eigenvalue weighted by Crippen LogP contribution is -2.38. The van der Waals surface area contributed by atoms with Crippen LogP contribution in [0.1, 0.15) is 28.4 Å². The SMILES string of the molecule is C/N=C(/N)S[C@@]1(COC)C[C@H]1c1cc(NC(=O)c2cnc(OC3COC3)cn2)cc(F)c1F. The second-order valence-electron chi connectivity index (χ2n) is 7.75. The Balaban J connectivity index is 1.49. The molecule has 2 aliphatic rings. The third-order valence-electron chi connectivity index (χ3n) is 5.39. The maximum atomic E-state index is 14.7. The van der Waals surface area contributed by atoms with Crippen molar-refractivity contribution in [2.75, 3.05) is 39.3 Å². The molecule has 1 aromatic heterocycles. The third-order valence-corrected chi connectivity index (χ3v) is 6.75. The number of nitrogens with zero attached hydrogens (tertiary/aromatic N) is 3. The average molecular weight is 480 g/mol. The number of rotatable bonds is 8. The van der Waals surface area contributed by atoms with Crippen molar-refractivity contribution in [3.63, 3.8) is 0 Å². The third kappa shape index (κ3) is 5.07. The monoisotopic (exact) mass is 479 g/mol. The van der Waals surface area contributed by atoms with Crippen LogP contribution in [-0.4, -0.2) is 65.9 Å². The number of nitrogens with two attached hydrogens (primary N) is 1. The van der Waals surface area contributed by atoms with E-state index in [-0.39, 0.29) is 41.5 Å². The maximum absolute atomic E-state index is 14.7. The molecule has 1 amide bonds. The fourth-order valence-corrected chi connectivity index (χ4v) is 4.76. The maximum Gasteiger partial charge on any atom is 0.275 e. The van der Waals surface area contributed by atoms with Crippen LogP contribution in [-0.2, 0) is 9.47 Å². The molecule has 1 aromatic carbocycles. The van der Waals surface area contributed by atoms with Gasteiger partial charge in [-0.3, -0.25) is 9.79 Å². The molecule has 33 heavy (non-hydrogen) atoms. The van der Waals surface area contributed by atoms with Crippen molar-refractivity contribution >= 4 is 28.5 Å². The Labute approximate surface area is 193 Å². The Kier molecular flexibility index (Phi) is 6.77. The summed E-state index contributed by atoms with van der Waals surface area (Å²) in [5, 5.41) is 2.88. The number of carbonyl (C=O) groups is 1. The molecule has 0 unspecified atom stereocenters. The number of hydrogen-bond donors (Lipinski definition) is 2. The first kappa shape index (κ1) is 23.3. The number of benzene rings is 1. The van der Waals surface area contributed by atoms with Crippen molar-refractivity contribution in [1.82, 2.24) is 9.97 Å². The summed E-state index contributed by atoms with van der Waals surface area (Å²) < 4.78 is 44.3. The lowest BCUT2D eigenvalue weighted by atomic mass is 10.1. The molecular weight excluding hydrogens is 456 g/mol. The summed E-state index contributed by atoms with van der Waals surface area (Å²) in [4.78, 5) is 24.6. The molecule has 1 saturated heterocycles. The molecule has 2 atom stereocenters. The minimum Gasteiger partial charge on any atom is -0.468 e. The first-order valence-corrected chi connectivity index (χ1v) is 10.9. The van der Waals surface area contributed by atoms with Gasteiger partial charge in [-0.1, -0.05) is 11.8 Å². The predicted molar refractivity (Wildman–Crippen MR) is 119 cm³/mol. The zero-order chi connectivity index (χ0) is 23.6. The van der Waals surface area contributed by atoms with Crippen LogP contribution in [0.2, 0.25) is 0 Å². The van der Waals surface area contributed by atoms with E-state index >= 15 is 0 Å². The Hall–Kier alpha value is -2.83. The molecule has 3 N–H and O–H groups in total. The zero-order valence-corrected chi connectivity index (χ0v) is 18.8. The Morgan fingerprint density at radius 2 is 2.15 bits per heavy atom. The summed E-state index contributed by atoms with van der Waals surface area (Å²) in [6, 6.07) is 2.34. The van der Waals surface area contributed by atoms with Crippen molar-refractivity contribution in [2.45, 2.75) is 23.2 Å². The molecule has 4 rings (SSSR count). The standard InChI is InChI=1S/C21H23F2N5O4S/c1-25-20(24)33-21(10-30-2)5-14(21)13-3-11(4-15(22)18(13)23)28-19(29)16-6-27-17(7-26-16)32-12-8-31-9-12/h3-4,6-7,12,14H,5,8-10H2,1-2H3,(H2,24,25)(H,28,29)/t14-,21+/m0/s1. The van der Waals surface area contributed by atoms with E-state index in [2.05, 4.69) is 20.3 Å². The number of ether oxygens (including phenoxy) is 3. The van der Waals surface area contributed by atoms with Gasteiger partial charge in [0, 0.05) is 31.8 Å². The summed E-state index contributed by atoms with van der Waals surface area (Å²) in [6.45, 7) is 1.24. The van der Waals surface area contributed by atoms with E-state index in [9.17, 15) is 13.6 Å². The van der Waals surface area contributed by atoms with Gasteiger partial charge in [0.25, 0.3) is 5.91 Å². The van der Waals surface area contributed by atoms with Gasteiger partial charge in [-0.15, -0.1) is 0 Å². The van der Waals surface area contributed by atoms with Crippen LogP contribution in [0.4, 0.5) is 14.5 Å². The molecule has 2 aromatic rings. The summed E-state index contributed by atoms with van der Waals surface area (Å²) in [7, 11) is 3.09. The van der Waals surface area contributed by atoms with E-state index in [1.807, 2.05) is 0 Å². The number of aliphatic imine (C=N–C) groups is 1. The Morgan fingerprint density at radius 3 is 2.76 bits per heavy atom. The predicted octanol–water partition coefficient (Wildman–Crippen LogP) is 2.33. The zero-order valence-electron chi connectivity index (χ0n) is 18.0. The number of carbonyl (C=O) groups excluding carboxylic acids is 1. The summed E-state index contributed by atoms with van der Waals surface area (Å²) in [6.07, 6.45) is 3.02. The fourth-order valence-electron chi connectivity index (χ4n) is 3.56. The normalized spacial score (nSPS) is 22.5. The molecule has 1 saturated carbocycles. The lowest BCUT2D eigenvalue weighted by Gasteiger charge is -2.25. The number of thioether (sulfide) groups is 1.